The van der Waals surface area contributed by atoms with Gasteiger partial charge in [-0.25, -0.2) is 0 Å². The van der Waals surface area contributed by atoms with E-state index in [1.807, 2.05) is 18.2 Å². The number of furan rings is 1. The van der Waals surface area contributed by atoms with E-state index in [1.165, 1.54) is 11.8 Å². The number of para-hydroxylation sites is 1. The van der Waals surface area contributed by atoms with Crippen LogP contribution in [0.2, 0.25) is 0 Å². The Hall–Kier alpha value is -1.36. The van der Waals surface area contributed by atoms with Gasteiger partial charge in [-0.05, 0) is 37.4 Å². The minimum absolute atomic E-state index is 0.265. The summed E-state index contributed by atoms with van der Waals surface area (Å²) in [5, 5.41) is 10.6. The number of nitrogens with zero attached hydrogens (tertiary/aromatic N) is 2. The summed E-state index contributed by atoms with van der Waals surface area (Å²) in [6.45, 7) is 9.97. The van der Waals surface area contributed by atoms with E-state index >= 15 is 0 Å². The summed E-state index contributed by atoms with van der Waals surface area (Å²) in [5.41, 5.74) is 0.968. The lowest BCUT2D eigenvalue weighted by molar-refractivity contribution is 0.0495. The van der Waals surface area contributed by atoms with E-state index in [2.05, 4.69) is 35.8 Å². The zero-order chi connectivity index (χ0) is 16.9. The third-order valence-corrected chi connectivity index (χ3v) is 5.00. The lowest BCUT2D eigenvalue weighted by Gasteiger charge is -2.41. The van der Waals surface area contributed by atoms with Crippen LogP contribution in [0.25, 0.3) is 11.0 Å². The molecule has 1 N–H and O–H groups in total. The van der Waals surface area contributed by atoms with Gasteiger partial charge in [0.2, 0.25) is 0 Å². The maximum absolute atomic E-state index is 9.42. The number of aliphatic hydroxyl groups is 1. The number of benzene rings is 1. The molecule has 24 heavy (non-hydrogen) atoms. The zero-order valence-electron chi connectivity index (χ0n) is 14.9. The molecular weight excluding hydrogens is 300 g/mol. The Morgan fingerprint density at radius 1 is 1.25 bits per heavy atom. The summed E-state index contributed by atoms with van der Waals surface area (Å²) in [4.78, 5) is 5.02. The Labute approximate surface area is 145 Å². The van der Waals surface area contributed by atoms with Crippen molar-refractivity contribution in [1.29, 1.82) is 0 Å². The molecule has 1 aromatic heterocycles. The fourth-order valence-electron chi connectivity index (χ4n) is 3.58. The van der Waals surface area contributed by atoms with E-state index in [9.17, 15) is 5.11 Å². The molecule has 132 valence electrons. The highest BCUT2D eigenvalue weighted by Gasteiger charge is 2.27. The molecule has 1 aliphatic heterocycles. The standard InChI is InChI=1S/C20H30N2O2/c1-16(2)7-9-22-11-10-21(14-18(22)8-12-23)15-19-13-17-5-3-4-6-20(17)24-19/h3-6,13,16,18,23H,7-12,14-15H2,1-2H3/t18-/m0/s1. The second kappa shape index (κ2) is 8.15. The Morgan fingerprint density at radius 3 is 2.83 bits per heavy atom. The van der Waals surface area contributed by atoms with Gasteiger partial charge in [0, 0.05) is 37.7 Å². The normalized spacial score (nSPS) is 20.2. The molecular formula is C20H30N2O2. The highest BCUT2D eigenvalue weighted by Crippen LogP contribution is 2.22. The van der Waals surface area contributed by atoms with Gasteiger partial charge in [-0.2, -0.15) is 0 Å². The summed E-state index contributed by atoms with van der Waals surface area (Å²) in [6, 6.07) is 10.8. The molecule has 1 aromatic carbocycles. The zero-order valence-corrected chi connectivity index (χ0v) is 14.9. The number of aliphatic hydroxyl groups excluding tert-OH is 1. The molecule has 1 aliphatic rings. The van der Waals surface area contributed by atoms with Crippen molar-refractivity contribution in [2.75, 3.05) is 32.8 Å². The third-order valence-electron chi connectivity index (χ3n) is 5.00. The minimum Gasteiger partial charge on any atom is -0.460 e. The first-order chi connectivity index (χ1) is 11.7. The average molecular weight is 330 g/mol. The van der Waals surface area contributed by atoms with E-state index in [4.69, 9.17) is 4.42 Å². The summed E-state index contributed by atoms with van der Waals surface area (Å²) < 4.78 is 5.97. The molecule has 0 radical (unpaired) electrons. The summed E-state index contributed by atoms with van der Waals surface area (Å²) in [5.74, 6) is 1.77. The summed E-state index contributed by atoms with van der Waals surface area (Å²) >= 11 is 0. The van der Waals surface area contributed by atoms with Gasteiger partial charge < -0.3 is 9.52 Å². The first-order valence-electron chi connectivity index (χ1n) is 9.20. The van der Waals surface area contributed by atoms with Crippen LogP contribution in [0.3, 0.4) is 0 Å². The predicted octanol–water partition coefficient (Wildman–Crippen LogP) is 3.35. The van der Waals surface area contributed by atoms with Crippen LogP contribution in [0.15, 0.2) is 34.7 Å². The van der Waals surface area contributed by atoms with Gasteiger partial charge in [-0.1, -0.05) is 32.0 Å². The van der Waals surface area contributed by atoms with E-state index < -0.39 is 0 Å². The van der Waals surface area contributed by atoms with Crippen molar-refractivity contribution in [1.82, 2.24) is 9.80 Å². The lowest BCUT2D eigenvalue weighted by atomic mass is 10.1. The van der Waals surface area contributed by atoms with Crippen molar-refractivity contribution in [2.45, 2.75) is 39.3 Å². The van der Waals surface area contributed by atoms with Crippen LogP contribution in [0.5, 0.6) is 0 Å². The first-order valence-corrected chi connectivity index (χ1v) is 9.20. The largest absolute Gasteiger partial charge is 0.460 e. The molecule has 1 fully saturated rings. The van der Waals surface area contributed by atoms with Crippen LogP contribution >= 0.6 is 0 Å². The van der Waals surface area contributed by atoms with Gasteiger partial charge in [-0.15, -0.1) is 0 Å². The van der Waals surface area contributed by atoms with Crippen molar-refractivity contribution < 1.29 is 9.52 Å². The Balaban J connectivity index is 1.61. The molecule has 1 saturated heterocycles. The van der Waals surface area contributed by atoms with Crippen molar-refractivity contribution in [3.8, 4) is 0 Å². The summed E-state index contributed by atoms with van der Waals surface area (Å²) in [7, 11) is 0. The van der Waals surface area contributed by atoms with Gasteiger partial charge in [0.05, 0.1) is 6.54 Å². The van der Waals surface area contributed by atoms with Crippen molar-refractivity contribution in [2.24, 2.45) is 5.92 Å². The molecule has 4 heteroatoms. The Kier molecular flexibility index (Phi) is 5.93. The van der Waals surface area contributed by atoms with Crippen molar-refractivity contribution in [3.05, 3.63) is 36.1 Å². The van der Waals surface area contributed by atoms with E-state index in [0.29, 0.717) is 6.04 Å². The van der Waals surface area contributed by atoms with Crippen LogP contribution in [0, 0.1) is 5.92 Å². The van der Waals surface area contributed by atoms with Crippen LogP contribution in [0.1, 0.15) is 32.4 Å². The van der Waals surface area contributed by atoms with E-state index in [1.54, 1.807) is 0 Å². The fraction of sp³-hybridized carbons (Fsp3) is 0.600. The Bertz CT molecular complexity index is 604. The van der Waals surface area contributed by atoms with Crippen LogP contribution in [-0.2, 0) is 6.54 Å². The first kappa shape index (κ1) is 17.5. The van der Waals surface area contributed by atoms with Crippen molar-refractivity contribution >= 4 is 11.0 Å². The molecule has 1 atom stereocenters. The quantitative estimate of drug-likeness (QED) is 0.845. The molecule has 4 nitrogen and oxygen atoms in total. The lowest BCUT2D eigenvalue weighted by Crippen LogP contribution is -2.53. The molecule has 0 unspecified atom stereocenters. The van der Waals surface area contributed by atoms with Gasteiger partial charge in [0.1, 0.15) is 11.3 Å². The molecule has 0 bridgehead atoms. The SMILES string of the molecule is CC(C)CCN1CCN(Cc2cc3ccccc3o2)C[C@@H]1CCO. The third kappa shape index (κ3) is 4.38. The molecule has 0 spiro atoms. The van der Waals surface area contributed by atoms with E-state index in [-0.39, 0.29) is 6.61 Å². The predicted molar refractivity (Wildman–Crippen MR) is 98.0 cm³/mol. The average Bonchev–Trinajstić information content (AvgIpc) is 2.96. The van der Waals surface area contributed by atoms with E-state index in [0.717, 1.165) is 56.4 Å². The molecule has 0 saturated carbocycles. The van der Waals surface area contributed by atoms with Gasteiger partial charge in [0.25, 0.3) is 0 Å². The van der Waals surface area contributed by atoms with Crippen LogP contribution in [0.4, 0.5) is 0 Å². The number of piperazine rings is 1. The maximum Gasteiger partial charge on any atom is 0.134 e. The monoisotopic (exact) mass is 330 g/mol. The maximum atomic E-state index is 9.42. The topological polar surface area (TPSA) is 39.9 Å². The van der Waals surface area contributed by atoms with Gasteiger partial charge >= 0.3 is 0 Å². The number of hydrogen-bond donors (Lipinski definition) is 1. The minimum atomic E-state index is 0.265. The highest BCUT2D eigenvalue weighted by atomic mass is 16.3. The van der Waals surface area contributed by atoms with Crippen LogP contribution < -0.4 is 0 Å². The number of hydrogen-bond acceptors (Lipinski definition) is 4. The number of fused-ring (bicyclic) bond motifs is 1. The molecule has 3 rings (SSSR count). The summed E-state index contributed by atoms with van der Waals surface area (Å²) in [6.07, 6.45) is 2.08. The van der Waals surface area contributed by atoms with Crippen LogP contribution in [-0.4, -0.2) is 53.7 Å². The van der Waals surface area contributed by atoms with Crippen molar-refractivity contribution in [3.63, 3.8) is 0 Å². The molecule has 2 aromatic rings. The molecule has 0 aliphatic carbocycles. The second-order valence-corrected chi connectivity index (χ2v) is 7.37. The fourth-order valence-corrected chi connectivity index (χ4v) is 3.58. The smallest absolute Gasteiger partial charge is 0.134 e. The molecule has 0 amide bonds. The van der Waals surface area contributed by atoms with Gasteiger partial charge in [0.15, 0.2) is 0 Å². The van der Waals surface area contributed by atoms with Gasteiger partial charge in [-0.3, -0.25) is 9.80 Å². The Morgan fingerprint density at radius 2 is 2.08 bits per heavy atom. The number of rotatable bonds is 7. The molecule has 2 heterocycles. The highest BCUT2D eigenvalue weighted by molar-refractivity contribution is 5.77. The second-order valence-electron chi connectivity index (χ2n) is 7.37.